The summed E-state index contributed by atoms with van der Waals surface area (Å²) in [6.45, 7) is -0.759. The highest BCUT2D eigenvalue weighted by Crippen LogP contribution is 2.35. The van der Waals surface area contributed by atoms with Gasteiger partial charge in [-0.3, -0.25) is 9.32 Å². The molecule has 0 aliphatic carbocycles. The maximum Gasteiger partial charge on any atom is 0.469 e. The van der Waals surface area contributed by atoms with Gasteiger partial charge in [0.2, 0.25) is 0 Å². The van der Waals surface area contributed by atoms with E-state index in [4.69, 9.17) is 25.1 Å². The number of aliphatic carboxylic acids is 1. The van der Waals surface area contributed by atoms with E-state index >= 15 is 0 Å². The third-order valence-electron chi connectivity index (χ3n) is 1.51. The van der Waals surface area contributed by atoms with Crippen LogP contribution in [0.5, 0.6) is 0 Å². The van der Waals surface area contributed by atoms with Crippen LogP contribution in [-0.2, 0) is 13.9 Å². The van der Waals surface area contributed by atoms with Gasteiger partial charge in [-0.25, -0.2) is 4.57 Å². The zero-order valence-corrected chi connectivity index (χ0v) is 8.58. The topological polar surface area (TPSA) is 145 Å². The number of hydrogen-bond donors (Lipinski definition) is 5. The van der Waals surface area contributed by atoms with E-state index in [1.807, 2.05) is 0 Å². The van der Waals surface area contributed by atoms with E-state index < -0.39 is 32.6 Å². The van der Waals surface area contributed by atoms with E-state index in [0.29, 0.717) is 0 Å². The monoisotopic (exact) mass is 244 g/mol. The van der Waals surface area contributed by atoms with E-state index in [0.717, 1.165) is 0 Å². The Hall–Kier alpha value is -0.500. The van der Waals surface area contributed by atoms with Crippen LogP contribution in [-0.4, -0.2) is 49.9 Å². The second kappa shape index (κ2) is 6.16. The fourth-order valence-corrected chi connectivity index (χ4v) is 1.10. The number of carboxylic acid groups (broad SMARTS) is 1. The van der Waals surface area contributed by atoms with E-state index in [1.54, 1.807) is 0 Å². The van der Waals surface area contributed by atoms with Crippen molar-refractivity contribution < 1.29 is 39.0 Å². The predicted octanol–water partition coefficient (Wildman–Crippen LogP) is -1.32. The summed E-state index contributed by atoms with van der Waals surface area (Å²) in [5, 5.41) is 26.5. The molecule has 0 spiro atoms. The van der Waals surface area contributed by atoms with Crippen molar-refractivity contribution in [3.63, 3.8) is 0 Å². The minimum Gasteiger partial charge on any atom is -0.481 e. The lowest BCUT2D eigenvalue weighted by molar-refractivity contribution is -0.138. The van der Waals surface area contributed by atoms with E-state index in [9.17, 15) is 9.36 Å². The molecule has 0 rings (SSSR count). The molecule has 0 aliphatic rings. The zero-order chi connectivity index (χ0) is 12.1. The Balaban J connectivity index is 3.83. The molecule has 0 saturated carbocycles. The van der Waals surface area contributed by atoms with Crippen molar-refractivity contribution in [2.75, 3.05) is 6.61 Å². The SMILES string of the molecule is O=C(O)CC[C@H](O)[C@H](O)COP(=O)(O)O. The first-order valence-electron chi connectivity index (χ1n) is 4.00. The highest BCUT2D eigenvalue weighted by atomic mass is 31.2. The fourth-order valence-electron chi connectivity index (χ4n) is 0.748. The van der Waals surface area contributed by atoms with Gasteiger partial charge >= 0.3 is 13.8 Å². The Morgan fingerprint density at radius 2 is 1.80 bits per heavy atom. The van der Waals surface area contributed by atoms with Crippen molar-refractivity contribution in [1.29, 1.82) is 0 Å². The van der Waals surface area contributed by atoms with Gasteiger partial charge in [-0.15, -0.1) is 0 Å². The van der Waals surface area contributed by atoms with E-state index in [2.05, 4.69) is 4.52 Å². The van der Waals surface area contributed by atoms with Crippen LogP contribution in [0.1, 0.15) is 12.8 Å². The lowest BCUT2D eigenvalue weighted by Crippen LogP contribution is -2.30. The maximum atomic E-state index is 10.2. The molecular weight excluding hydrogens is 231 g/mol. The number of rotatable bonds is 7. The Kier molecular flexibility index (Phi) is 5.96. The van der Waals surface area contributed by atoms with Crippen LogP contribution in [0.4, 0.5) is 0 Å². The lowest BCUT2D eigenvalue weighted by atomic mass is 10.1. The first-order chi connectivity index (χ1) is 6.72. The minimum atomic E-state index is -4.68. The van der Waals surface area contributed by atoms with Crippen LogP contribution < -0.4 is 0 Å². The van der Waals surface area contributed by atoms with Gasteiger partial charge < -0.3 is 25.1 Å². The predicted molar refractivity (Wildman–Crippen MR) is 46.9 cm³/mol. The lowest BCUT2D eigenvalue weighted by Gasteiger charge is -2.17. The van der Waals surface area contributed by atoms with Crippen molar-refractivity contribution in [3.8, 4) is 0 Å². The van der Waals surface area contributed by atoms with Gasteiger partial charge in [-0.05, 0) is 6.42 Å². The molecule has 8 nitrogen and oxygen atoms in total. The van der Waals surface area contributed by atoms with Crippen LogP contribution >= 0.6 is 7.82 Å². The first-order valence-corrected chi connectivity index (χ1v) is 5.53. The maximum absolute atomic E-state index is 10.2. The van der Waals surface area contributed by atoms with Gasteiger partial charge in [0, 0.05) is 6.42 Å². The molecule has 0 heterocycles. The number of phosphoric ester groups is 1. The van der Waals surface area contributed by atoms with Gasteiger partial charge in [0.05, 0.1) is 12.7 Å². The van der Waals surface area contributed by atoms with Crippen molar-refractivity contribution >= 4 is 13.8 Å². The number of phosphoric acid groups is 1. The van der Waals surface area contributed by atoms with Crippen LogP contribution in [0, 0.1) is 0 Å². The summed E-state index contributed by atoms with van der Waals surface area (Å²) in [6.07, 6.45) is -3.50. The molecule has 15 heavy (non-hydrogen) atoms. The van der Waals surface area contributed by atoms with Crippen molar-refractivity contribution in [1.82, 2.24) is 0 Å². The number of aliphatic hydroxyl groups excluding tert-OH is 2. The van der Waals surface area contributed by atoms with Crippen LogP contribution in [0.3, 0.4) is 0 Å². The van der Waals surface area contributed by atoms with Gasteiger partial charge in [0.25, 0.3) is 0 Å². The quantitative estimate of drug-likeness (QED) is 0.347. The third-order valence-corrected chi connectivity index (χ3v) is 2.00. The molecule has 0 bridgehead atoms. The largest absolute Gasteiger partial charge is 0.481 e. The molecule has 0 saturated heterocycles. The van der Waals surface area contributed by atoms with E-state index in [1.165, 1.54) is 0 Å². The smallest absolute Gasteiger partial charge is 0.469 e. The first kappa shape index (κ1) is 14.5. The van der Waals surface area contributed by atoms with Gasteiger partial charge in [-0.1, -0.05) is 0 Å². The molecule has 0 aromatic rings. The molecule has 0 radical (unpaired) electrons. The number of carboxylic acids is 1. The Labute approximate surface area is 85.4 Å². The molecule has 9 heteroatoms. The van der Waals surface area contributed by atoms with Crippen molar-refractivity contribution in [2.24, 2.45) is 0 Å². The van der Waals surface area contributed by atoms with Crippen LogP contribution in [0.15, 0.2) is 0 Å². The molecule has 0 fully saturated rings. The summed E-state index contributed by atoms with van der Waals surface area (Å²) in [6, 6.07) is 0. The molecule has 0 aliphatic heterocycles. The second-order valence-corrected chi connectivity index (χ2v) is 4.09. The zero-order valence-electron chi connectivity index (χ0n) is 7.68. The Morgan fingerprint density at radius 1 is 1.27 bits per heavy atom. The summed E-state index contributed by atoms with van der Waals surface area (Å²) in [4.78, 5) is 26.6. The Bertz CT molecular complexity index is 248. The summed E-state index contributed by atoms with van der Waals surface area (Å²) >= 11 is 0. The summed E-state index contributed by atoms with van der Waals surface area (Å²) < 4.78 is 14.1. The highest BCUT2D eigenvalue weighted by molar-refractivity contribution is 7.46. The van der Waals surface area contributed by atoms with Gasteiger partial charge in [0.15, 0.2) is 0 Å². The van der Waals surface area contributed by atoms with Gasteiger partial charge in [-0.2, -0.15) is 0 Å². The summed E-state index contributed by atoms with van der Waals surface area (Å²) in [7, 11) is -4.68. The molecule has 0 aromatic heterocycles. The van der Waals surface area contributed by atoms with E-state index in [-0.39, 0.29) is 12.8 Å². The summed E-state index contributed by atoms with van der Waals surface area (Å²) in [5.74, 6) is -1.14. The number of aliphatic hydroxyl groups is 2. The normalized spacial score (nSPS) is 16.0. The molecule has 5 N–H and O–H groups in total. The highest BCUT2D eigenvalue weighted by Gasteiger charge is 2.22. The molecular formula is C6H13O8P. The van der Waals surface area contributed by atoms with Gasteiger partial charge in [0.1, 0.15) is 6.10 Å². The van der Waals surface area contributed by atoms with Crippen LogP contribution in [0.25, 0.3) is 0 Å². The number of carbonyl (C=O) groups is 1. The number of hydrogen-bond acceptors (Lipinski definition) is 5. The van der Waals surface area contributed by atoms with Crippen LogP contribution in [0.2, 0.25) is 0 Å². The molecule has 0 aromatic carbocycles. The van der Waals surface area contributed by atoms with Crippen molar-refractivity contribution in [2.45, 2.75) is 25.0 Å². The molecule has 0 amide bonds. The third kappa shape index (κ3) is 8.49. The summed E-state index contributed by atoms with van der Waals surface area (Å²) in [5.41, 5.74) is 0. The fraction of sp³-hybridized carbons (Fsp3) is 0.833. The molecule has 0 unspecified atom stereocenters. The minimum absolute atomic E-state index is 0.221. The Morgan fingerprint density at radius 3 is 2.20 bits per heavy atom. The van der Waals surface area contributed by atoms with Crippen molar-refractivity contribution in [3.05, 3.63) is 0 Å². The standard InChI is InChI=1S/C6H13O8P/c7-4(1-2-6(9)10)5(8)3-14-15(11,12)13/h4-5,7-8H,1-3H2,(H,9,10)(H2,11,12,13)/t4-,5+/m0/s1. The molecule has 90 valence electrons. The average molecular weight is 244 g/mol. The average Bonchev–Trinajstić information content (AvgIpc) is 2.08. The molecule has 2 atom stereocenters. The second-order valence-electron chi connectivity index (χ2n) is 2.85.